The molecule has 5 nitrogen and oxygen atoms in total. The monoisotopic (exact) mass is 410 g/mol. The Morgan fingerprint density at radius 3 is 2.74 bits per heavy atom. The second-order valence-corrected chi connectivity index (χ2v) is 6.54. The summed E-state index contributed by atoms with van der Waals surface area (Å²) in [6, 6.07) is 11.3. The molecule has 0 saturated heterocycles. The minimum atomic E-state index is -3.01. The Morgan fingerprint density at radius 1 is 1.22 bits per heavy atom. The minimum Gasteiger partial charge on any atom is -0.493 e. The maximum atomic E-state index is 12.5. The number of ether oxygens (including phenoxy) is 2. The van der Waals surface area contributed by atoms with Crippen molar-refractivity contribution in [2.45, 2.75) is 6.61 Å². The fraction of sp³-hybridized carbons (Fsp3) is 0.111. The summed E-state index contributed by atoms with van der Waals surface area (Å²) in [6.07, 6.45) is 0. The van der Waals surface area contributed by atoms with Crippen LogP contribution >= 0.6 is 22.9 Å². The Hall–Kier alpha value is -2.71. The lowest BCUT2D eigenvalue weighted by Crippen LogP contribution is -2.12. The van der Waals surface area contributed by atoms with Crippen molar-refractivity contribution >= 4 is 34.5 Å². The van der Waals surface area contributed by atoms with Crippen molar-refractivity contribution in [1.29, 1.82) is 0 Å². The number of benzene rings is 2. The van der Waals surface area contributed by atoms with Crippen molar-refractivity contribution in [2.24, 2.45) is 0 Å². The zero-order valence-corrected chi connectivity index (χ0v) is 15.5. The number of hydrogen-bond donors (Lipinski definition) is 1. The Bertz CT molecular complexity index is 965. The van der Waals surface area contributed by atoms with Crippen LogP contribution < -0.4 is 14.8 Å². The Morgan fingerprint density at radius 2 is 2.04 bits per heavy atom. The van der Waals surface area contributed by atoms with Gasteiger partial charge in [-0.05, 0) is 24.3 Å². The number of nitrogens with zero attached hydrogens (tertiary/aromatic N) is 1. The van der Waals surface area contributed by atoms with Gasteiger partial charge in [-0.3, -0.25) is 4.79 Å². The molecule has 0 saturated carbocycles. The molecule has 3 aromatic rings. The van der Waals surface area contributed by atoms with E-state index in [9.17, 15) is 13.6 Å². The van der Waals surface area contributed by atoms with Crippen molar-refractivity contribution < 1.29 is 23.0 Å². The van der Waals surface area contributed by atoms with Gasteiger partial charge < -0.3 is 14.8 Å². The molecule has 1 amide bonds. The summed E-state index contributed by atoms with van der Waals surface area (Å²) < 4.78 is 34.4. The van der Waals surface area contributed by atoms with Gasteiger partial charge in [0.15, 0.2) is 11.5 Å². The van der Waals surface area contributed by atoms with Gasteiger partial charge in [0.05, 0.1) is 7.11 Å². The lowest BCUT2D eigenvalue weighted by molar-refractivity contribution is -0.0511. The third kappa shape index (κ3) is 4.72. The molecule has 1 N–H and O–H groups in total. The molecule has 9 heteroatoms. The Balaban J connectivity index is 1.78. The Kier molecular flexibility index (Phi) is 5.88. The van der Waals surface area contributed by atoms with Crippen molar-refractivity contribution in [3.63, 3.8) is 0 Å². The number of carbonyl (C=O) groups excluding carboxylic acids is 1. The minimum absolute atomic E-state index is 0.130. The number of hydrogen-bond acceptors (Lipinski definition) is 5. The topological polar surface area (TPSA) is 60.5 Å². The van der Waals surface area contributed by atoms with Crippen molar-refractivity contribution in [2.75, 3.05) is 12.4 Å². The van der Waals surface area contributed by atoms with Crippen LogP contribution in [0.3, 0.4) is 0 Å². The van der Waals surface area contributed by atoms with E-state index in [1.54, 1.807) is 23.6 Å². The summed E-state index contributed by atoms with van der Waals surface area (Å²) in [7, 11) is 1.33. The number of rotatable bonds is 6. The summed E-state index contributed by atoms with van der Waals surface area (Å²) >= 11 is 7.26. The molecular formula is C18H13ClF2N2O3S. The summed E-state index contributed by atoms with van der Waals surface area (Å²) in [5.41, 5.74) is 1.26. The van der Waals surface area contributed by atoms with E-state index in [1.165, 1.54) is 36.6 Å². The second kappa shape index (κ2) is 8.32. The summed E-state index contributed by atoms with van der Waals surface area (Å²) in [5.74, 6) is -0.527. The first-order valence-electron chi connectivity index (χ1n) is 7.62. The number of halogens is 3. The number of aromatic nitrogens is 1. The zero-order chi connectivity index (χ0) is 19.4. The summed E-state index contributed by atoms with van der Waals surface area (Å²) in [6.45, 7) is -3.01. The Labute approximate surface area is 162 Å². The average Bonchev–Trinajstić information content (AvgIpc) is 3.12. The van der Waals surface area contributed by atoms with Gasteiger partial charge in [-0.15, -0.1) is 11.3 Å². The highest BCUT2D eigenvalue weighted by Gasteiger charge is 2.15. The molecule has 0 spiro atoms. The van der Waals surface area contributed by atoms with Gasteiger partial charge in [-0.2, -0.15) is 8.78 Å². The predicted octanol–water partition coefficient (Wildman–Crippen LogP) is 5.33. The van der Waals surface area contributed by atoms with E-state index in [0.717, 1.165) is 5.56 Å². The van der Waals surface area contributed by atoms with Crippen LogP contribution in [0.1, 0.15) is 10.5 Å². The van der Waals surface area contributed by atoms with Crippen molar-refractivity contribution in [3.8, 4) is 22.1 Å². The fourth-order valence-electron chi connectivity index (χ4n) is 2.27. The highest BCUT2D eigenvalue weighted by Crippen LogP contribution is 2.32. The van der Waals surface area contributed by atoms with Crippen LogP contribution in [0.5, 0.6) is 11.5 Å². The zero-order valence-electron chi connectivity index (χ0n) is 13.9. The molecule has 1 aromatic heterocycles. The first kappa shape index (κ1) is 19.1. The van der Waals surface area contributed by atoms with Gasteiger partial charge in [0, 0.05) is 27.7 Å². The van der Waals surface area contributed by atoms with Gasteiger partial charge in [0.25, 0.3) is 5.91 Å². The summed E-state index contributed by atoms with van der Waals surface area (Å²) in [4.78, 5) is 16.7. The lowest BCUT2D eigenvalue weighted by Gasteiger charge is -2.11. The van der Waals surface area contributed by atoms with Crippen LogP contribution in [-0.2, 0) is 0 Å². The molecule has 0 bridgehead atoms. The molecular weight excluding hydrogens is 398 g/mol. The van der Waals surface area contributed by atoms with Crippen LogP contribution in [0.4, 0.5) is 14.5 Å². The standard InChI is InChI=1S/C18H13ClF2N2O3S/c1-25-14-6-5-12(8-15(14)26-18(20)21)22-16(24)13-9-27-17(23-13)10-3-2-4-11(19)7-10/h2-9,18H,1H3,(H,22,24). The number of amides is 1. The molecule has 0 aliphatic carbocycles. The highest BCUT2D eigenvalue weighted by molar-refractivity contribution is 7.13. The molecule has 0 fully saturated rings. The van der Waals surface area contributed by atoms with Crippen LogP contribution in [0.15, 0.2) is 47.8 Å². The predicted molar refractivity (Wildman–Crippen MR) is 100 cm³/mol. The van der Waals surface area contributed by atoms with E-state index in [4.69, 9.17) is 16.3 Å². The first-order valence-corrected chi connectivity index (χ1v) is 8.87. The van der Waals surface area contributed by atoms with Gasteiger partial charge in [-0.1, -0.05) is 23.7 Å². The number of alkyl halides is 2. The van der Waals surface area contributed by atoms with Crippen LogP contribution in [-0.4, -0.2) is 24.6 Å². The van der Waals surface area contributed by atoms with E-state index in [-0.39, 0.29) is 22.9 Å². The maximum absolute atomic E-state index is 12.5. The third-order valence-corrected chi connectivity index (χ3v) is 4.57. The molecule has 0 aliphatic rings. The number of carbonyl (C=O) groups is 1. The number of nitrogens with one attached hydrogen (secondary N) is 1. The molecule has 1 heterocycles. The molecule has 2 aromatic carbocycles. The van der Waals surface area contributed by atoms with Crippen LogP contribution in [0.2, 0.25) is 5.02 Å². The SMILES string of the molecule is COc1ccc(NC(=O)c2csc(-c3cccc(Cl)c3)n2)cc1OC(F)F. The van der Waals surface area contributed by atoms with Gasteiger partial charge >= 0.3 is 6.61 Å². The molecule has 140 valence electrons. The molecule has 27 heavy (non-hydrogen) atoms. The van der Waals surface area contributed by atoms with Crippen molar-refractivity contribution in [3.05, 3.63) is 58.6 Å². The molecule has 0 radical (unpaired) electrons. The quantitative estimate of drug-likeness (QED) is 0.597. The van der Waals surface area contributed by atoms with Gasteiger partial charge in [0.1, 0.15) is 10.7 Å². The lowest BCUT2D eigenvalue weighted by atomic mass is 10.2. The smallest absolute Gasteiger partial charge is 0.387 e. The summed E-state index contributed by atoms with van der Waals surface area (Å²) in [5, 5.41) is 5.41. The highest BCUT2D eigenvalue weighted by atomic mass is 35.5. The van der Waals surface area contributed by atoms with E-state index in [0.29, 0.717) is 10.0 Å². The van der Waals surface area contributed by atoms with Gasteiger partial charge in [0.2, 0.25) is 0 Å². The van der Waals surface area contributed by atoms with Gasteiger partial charge in [-0.25, -0.2) is 4.98 Å². The molecule has 0 unspecified atom stereocenters. The number of anilines is 1. The van der Waals surface area contributed by atoms with E-state index in [1.807, 2.05) is 6.07 Å². The maximum Gasteiger partial charge on any atom is 0.387 e. The van der Waals surface area contributed by atoms with E-state index in [2.05, 4.69) is 15.0 Å². The number of thiazole rings is 1. The fourth-order valence-corrected chi connectivity index (χ4v) is 3.26. The van der Waals surface area contributed by atoms with Crippen molar-refractivity contribution in [1.82, 2.24) is 4.98 Å². The second-order valence-electron chi connectivity index (χ2n) is 5.25. The normalized spacial score (nSPS) is 10.7. The largest absolute Gasteiger partial charge is 0.493 e. The molecule has 3 rings (SSSR count). The van der Waals surface area contributed by atoms with E-state index >= 15 is 0 Å². The third-order valence-electron chi connectivity index (χ3n) is 3.45. The van der Waals surface area contributed by atoms with E-state index < -0.39 is 12.5 Å². The van der Waals surface area contributed by atoms with Crippen LogP contribution in [0, 0.1) is 0 Å². The molecule has 0 aliphatic heterocycles. The van der Waals surface area contributed by atoms with Crippen LogP contribution in [0.25, 0.3) is 10.6 Å². The molecule has 0 atom stereocenters. The number of methoxy groups -OCH3 is 1. The average molecular weight is 411 g/mol. The first-order chi connectivity index (χ1) is 13.0.